The zero-order valence-electron chi connectivity index (χ0n) is 22.9. The van der Waals surface area contributed by atoms with Crippen molar-refractivity contribution in [1.29, 1.82) is 5.26 Å². The van der Waals surface area contributed by atoms with Crippen molar-refractivity contribution in [3.8, 4) is 23.3 Å². The van der Waals surface area contributed by atoms with Crippen molar-refractivity contribution in [1.82, 2.24) is 9.78 Å². The summed E-state index contributed by atoms with van der Waals surface area (Å²) in [5, 5.41) is 17.5. The number of hydrogen-bond donors (Lipinski definition) is 1. The van der Waals surface area contributed by atoms with Gasteiger partial charge in [-0.05, 0) is 81.3 Å². The Morgan fingerprint density at radius 1 is 1.19 bits per heavy atom. The molecule has 8 rings (SSSR count). The third-order valence-electron chi connectivity index (χ3n) is 8.81. The van der Waals surface area contributed by atoms with Gasteiger partial charge in [0.2, 0.25) is 0 Å². The van der Waals surface area contributed by atoms with Crippen molar-refractivity contribution in [2.75, 3.05) is 12.4 Å². The van der Waals surface area contributed by atoms with E-state index in [4.69, 9.17) is 9.47 Å². The highest BCUT2D eigenvalue weighted by atomic mass is 19.3. The minimum absolute atomic E-state index is 0.0722. The van der Waals surface area contributed by atoms with Crippen molar-refractivity contribution in [2.24, 2.45) is 5.41 Å². The van der Waals surface area contributed by atoms with E-state index < -0.39 is 29.2 Å². The van der Waals surface area contributed by atoms with Gasteiger partial charge < -0.3 is 24.3 Å². The van der Waals surface area contributed by atoms with E-state index in [1.165, 1.54) is 25.3 Å². The van der Waals surface area contributed by atoms with Gasteiger partial charge in [-0.1, -0.05) is 6.07 Å². The molecule has 3 aromatic rings. The molecular formula is C30H27F3N4O5. The first-order valence-corrected chi connectivity index (χ1v) is 13.8. The second kappa shape index (κ2) is 9.13. The van der Waals surface area contributed by atoms with Crippen LogP contribution in [0.3, 0.4) is 0 Å². The van der Waals surface area contributed by atoms with Crippen LogP contribution < -0.4 is 14.8 Å². The van der Waals surface area contributed by atoms with Crippen LogP contribution >= 0.6 is 0 Å². The molecule has 1 aliphatic heterocycles. The molecular weight excluding hydrogens is 553 g/mol. The van der Waals surface area contributed by atoms with Crippen LogP contribution in [0.5, 0.6) is 11.5 Å². The predicted octanol–water partition coefficient (Wildman–Crippen LogP) is 5.87. The Balaban J connectivity index is 1.16. The van der Waals surface area contributed by atoms with Gasteiger partial charge in [-0.15, -0.1) is 8.78 Å². The number of rotatable bonds is 7. The number of aromatic nitrogens is 2. The van der Waals surface area contributed by atoms with E-state index in [1.54, 1.807) is 29.8 Å². The average Bonchev–Trinajstić information content (AvgIpc) is 3.46. The molecule has 12 heteroatoms. The van der Waals surface area contributed by atoms with Crippen LogP contribution in [0.4, 0.5) is 18.9 Å². The fourth-order valence-electron chi connectivity index (χ4n) is 6.90. The Labute approximate surface area is 239 Å². The largest absolute Gasteiger partial charge is 0.586 e. The summed E-state index contributed by atoms with van der Waals surface area (Å²) in [5.74, 6) is -0.889. The molecule has 2 heterocycles. The molecule has 1 aromatic heterocycles. The zero-order valence-corrected chi connectivity index (χ0v) is 22.9. The molecule has 0 unspecified atom stereocenters. The number of nitrogens with zero attached hydrogens (tertiary/aromatic N) is 3. The van der Waals surface area contributed by atoms with Gasteiger partial charge >= 0.3 is 12.3 Å². The van der Waals surface area contributed by atoms with Crippen LogP contribution in [0.25, 0.3) is 5.69 Å². The number of carbonyl (C=O) groups excluding carboxylic acids is 1. The Morgan fingerprint density at radius 2 is 1.95 bits per heavy atom. The van der Waals surface area contributed by atoms with E-state index in [-0.39, 0.29) is 29.3 Å². The maximum Gasteiger partial charge on any atom is 0.586 e. The highest BCUT2D eigenvalue weighted by Crippen LogP contribution is 2.70. The van der Waals surface area contributed by atoms with E-state index in [0.717, 1.165) is 24.1 Å². The van der Waals surface area contributed by atoms with Crippen LogP contribution in [0.15, 0.2) is 36.4 Å². The summed E-state index contributed by atoms with van der Waals surface area (Å²) in [6.45, 7) is 1.76. The quantitative estimate of drug-likeness (QED) is 0.346. The predicted molar refractivity (Wildman–Crippen MR) is 141 cm³/mol. The van der Waals surface area contributed by atoms with Crippen LogP contribution in [-0.4, -0.2) is 34.8 Å². The molecule has 0 amide bonds. The van der Waals surface area contributed by atoms with E-state index in [1.807, 2.05) is 0 Å². The average molecular weight is 581 g/mol. The SMILES string of the molecule is COC(=O)C12CC(O[C@@H]3CCCc4c(C#N)nn(-c5ccc(F)c(N[C@@H](C)c6ccc7c(c6)OC(F)(F)O7)c5)c43)(C1)C2. The number of fused-ring (bicyclic) bond motifs is 2. The second-order valence-electron chi connectivity index (χ2n) is 11.6. The van der Waals surface area contributed by atoms with Crippen molar-refractivity contribution >= 4 is 11.7 Å². The Hall–Kier alpha value is -4.24. The molecule has 3 saturated carbocycles. The molecule has 3 fully saturated rings. The highest BCUT2D eigenvalue weighted by molar-refractivity contribution is 5.81. The van der Waals surface area contributed by atoms with E-state index in [0.29, 0.717) is 42.6 Å². The number of alkyl halides is 2. The Kier molecular flexibility index (Phi) is 5.79. The van der Waals surface area contributed by atoms with Gasteiger partial charge in [-0.25, -0.2) is 9.07 Å². The molecule has 9 nitrogen and oxygen atoms in total. The molecule has 2 atom stereocenters. The molecule has 0 radical (unpaired) electrons. The number of halogens is 3. The fraction of sp³-hybridized carbons (Fsp3) is 0.433. The van der Waals surface area contributed by atoms with Crippen LogP contribution in [0.1, 0.15) is 73.7 Å². The summed E-state index contributed by atoms with van der Waals surface area (Å²) in [6.07, 6.45) is -0.0242. The summed E-state index contributed by atoms with van der Waals surface area (Å²) in [5.41, 5.74) is 2.31. The number of esters is 1. The maximum atomic E-state index is 15.0. The molecule has 4 aliphatic carbocycles. The van der Waals surface area contributed by atoms with Crippen LogP contribution in [-0.2, 0) is 20.7 Å². The lowest BCUT2D eigenvalue weighted by Gasteiger charge is -2.68. The molecule has 0 spiro atoms. The van der Waals surface area contributed by atoms with Crippen molar-refractivity contribution in [3.63, 3.8) is 0 Å². The Bertz CT molecular complexity index is 1650. The molecule has 218 valence electrons. The van der Waals surface area contributed by atoms with E-state index in [2.05, 4.69) is 26.0 Å². The van der Waals surface area contributed by atoms with Crippen molar-refractivity contribution in [2.45, 2.75) is 69.5 Å². The van der Waals surface area contributed by atoms with Crippen molar-refractivity contribution < 1.29 is 36.9 Å². The second-order valence-corrected chi connectivity index (χ2v) is 11.6. The van der Waals surface area contributed by atoms with Gasteiger partial charge in [0.25, 0.3) is 0 Å². The maximum absolute atomic E-state index is 15.0. The van der Waals surface area contributed by atoms with Gasteiger partial charge in [0.1, 0.15) is 18.0 Å². The highest BCUT2D eigenvalue weighted by Gasteiger charge is 2.74. The number of hydrogen-bond acceptors (Lipinski definition) is 8. The zero-order chi connectivity index (χ0) is 29.4. The fourth-order valence-corrected chi connectivity index (χ4v) is 6.90. The third-order valence-corrected chi connectivity index (χ3v) is 8.81. The first kappa shape index (κ1) is 26.6. The lowest BCUT2D eigenvalue weighted by atomic mass is 9.41. The Morgan fingerprint density at radius 3 is 2.69 bits per heavy atom. The summed E-state index contributed by atoms with van der Waals surface area (Å²) in [6, 6.07) is 10.6. The summed E-state index contributed by atoms with van der Waals surface area (Å²) in [4.78, 5) is 12.2. The molecule has 2 aromatic carbocycles. The number of ether oxygens (including phenoxy) is 4. The number of methoxy groups -OCH3 is 1. The van der Waals surface area contributed by atoms with E-state index in [9.17, 15) is 18.8 Å². The van der Waals surface area contributed by atoms with Crippen LogP contribution in [0, 0.1) is 22.6 Å². The van der Waals surface area contributed by atoms with Gasteiger partial charge in [-0.2, -0.15) is 10.4 Å². The number of nitrogens with one attached hydrogen (secondary N) is 1. The molecule has 1 N–H and O–H groups in total. The lowest BCUT2D eigenvalue weighted by molar-refractivity contribution is -0.301. The normalized spacial score (nSPS) is 26.7. The minimum Gasteiger partial charge on any atom is -0.469 e. The van der Waals surface area contributed by atoms with Gasteiger partial charge in [0.15, 0.2) is 17.2 Å². The van der Waals surface area contributed by atoms with Gasteiger partial charge in [0.05, 0.1) is 35.2 Å². The first-order chi connectivity index (χ1) is 20.0. The number of carbonyl (C=O) groups is 1. The van der Waals surface area contributed by atoms with Gasteiger partial charge in [0, 0.05) is 11.6 Å². The van der Waals surface area contributed by atoms with Crippen molar-refractivity contribution in [3.05, 3.63) is 64.7 Å². The smallest absolute Gasteiger partial charge is 0.469 e. The third kappa shape index (κ3) is 4.09. The topological polar surface area (TPSA) is 108 Å². The molecule has 5 aliphatic rings. The number of anilines is 1. The minimum atomic E-state index is -3.73. The molecule has 42 heavy (non-hydrogen) atoms. The van der Waals surface area contributed by atoms with Crippen LogP contribution in [0.2, 0.25) is 0 Å². The summed E-state index contributed by atoms with van der Waals surface area (Å²) in [7, 11) is 1.40. The molecule has 0 saturated heterocycles. The number of benzene rings is 2. The monoisotopic (exact) mass is 580 g/mol. The number of nitriles is 1. The first-order valence-electron chi connectivity index (χ1n) is 13.8. The lowest BCUT2D eigenvalue weighted by Crippen LogP contribution is -2.71. The summed E-state index contributed by atoms with van der Waals surface area (Å²) >= 11 is 0. The summed E-state index contributed by atoms with van der Waals surface area (Å²) < 4.78 is 64.2. The van der Waals surface area contributed by atoms with E-state index >= 15 is 4.39 Å². The molecule has 2 bridgehead atoms. The standard InChI is InChI=1S/C30H27F3N4O5/c1-16(17-6-9-23-25(10-17)42-30(32,33)41-23)35-21-11-18(7-8-20(21)31)37-26-19(22(12-34)36-37)4-3-5-24(26)40-29-13-28(14-29,15-29)27(38)39-2/h6-11,16,24,35H,3-5,13-15H2,1-2H3/t16-,24+,28?,29?/m0/s1. The van der Waals surface area contributed by atoms with Gasteiger partial charge in [-0.3, -0.25) is 4.79 Å².